The number of Topliss-reactive ketones (excluding diaryl/α,β-unsaturated/α-hetero) is 1. The molecule has 31 heavy (non-hydrogen) atoms. The van der Waals surface area contributed by atoms with Gasteiger partial charge in [-0.25, -0.2) is 0 Å². The van der Waals surface area contributed by atoms with Crippen LogP contribution >= 0.6 is 0 Å². The molecule has 0 aromatic heterocycles. The molecule has 1 atom stereocenters. The van der Waals surface area contributed by atoms with E-state index in [1.807, 2.05) is 0 Å². The number of ether oxygens (including phenoxy) is 4. The quantitative estimate of drug-likeness (QED) is 0.393. The average molecular weight is 427 g/mol. The van der Waals surface area contributed by atoms with Crippen molar-refractivity contribution in [3.63, 3.8) is 0 Å². The number of rotatable bonds is 8. The summed E-state index contributed by atoms with van der Waals surface area (Å²) < 4.78 is 21.3. The Hall–Kier alpha value is -3.52. The summed E-state index contributed by atoms with van der Waals surface area (Å²) in [6, 6.07) is 10.9. The topological polar surface area (TPSA) is 94.5 Å². The van der Waals surface area contributed by atoms with Crippen LogP contribution in [-0.4, -0.2) is 63.3 Å². The summed E-state index contributed by atoms with van der Waals surface area (Å²) in [6.07, 6.45) is 0. The molecule has 1 heterocycles. The van der Waals surface area contributed by atoms with Gasteiger partial charge in [-0.3, -0.25) is 9.59 Å². The highest BCUT2D eigenvalue weighted by Crippen LogP contribution is 2.45. The lowest BCUT2D eigenvalue weighted by molar-refractivity contribution is -0.140. The van der Waals surface area contributed by atoms with E-state index in [-0.39, 0.29) is 24.5 Å². The van der Waals surface area contributed by atoms with Crippen LogP contribution in [0.15, 0.2) is 48.0 Å². The number of carbonyl (C=O) groups excluding carboxylic acids is 2. The van der Waals surface area contributed by atoms with Gasteiger partial charge in [0.15, 0.2) is 11.5 Å². The molecule has 2 aromatic rings. The zero-order valence-electron chi connectivity index (χ0n) is 17.9. The number of amides is 1. The predicted molar refractivity (Wildman–Crippen MR) is 113 cm³/mol. The van der Waals surface area contributed by atoms with Crippen LogP contribution < -0.4 is 14.2 Å². The molecular weight excluding hydrogens is 402 g/mol. The predicted octanol–water partition coefficient (Wildman–Crippen LogP) is 2.78. The van der Waals surface area contributed by atoms with E-state index in [1.165, 1.54) is 33.3 Å². The number of likely N-dealkylation sites (tertiary alicyclic amines) is 1. The molecule has 1 unspecified atom stereocenters. The number of aliphatic hydroxyl groups excluding tert-OH is 1. The van der Waals surface area contributed by atoms with E-state index in [0.29, 0.717) is 28.4 Å². The van der Waals surface area contributed by atoms with Gasteiger partial charge < -0.3 is 29.0 Å². The van der Waals surface area contributed by atoms with Gasteiger partial charge in [-0.2, -0.15) is 0 Å². The van der Waals surface area contributed by atoms with Crippen LogP contribution in [0.3, 0.4) is 0 Å². The lowest BCUT2D eigenvalue weighted by Gasteiger charge is -2.27. The lowest BCUT2D eigenvalue weighted by Crippen LogP contribution is -2.32. The monoisotopic (exact) mass is 427 g/mol. The number of para-hydroxylation sites is 1. The van der Waals surface area contributed by atoms with Gasteiger partial charge in [0.2, 0.25) is 0 Å². The summed E-state index contributed by atoms with van der Waals surface area (Å²) in [6.45, 7) is 0.371. The number of nitrogens with zero attached hydrogens (tertiary/aromatic N) is 1. The van der Waals surface area contributed by atoms with E-state index < -0.39 is 17.7 Å². The van der Waals surface area contributed by atoms with Crippen molar-refractivity contribution in [1.82, 2.24) is 4.90 Å². The Labute approximate surface area is 180 Å². The van der Waals surface area contributed by atoms with E-state index in [1.54, 1.807) is 42.5 Å². The molecule has 1 N–H and O–H groups in total. The van der Waals surface area contributed by atoms with Crippen LogP contribution in [0.4, 0.5) is 0 Å². The van der Waals surface area contributed by atoms with Gasteiger partial charge in [0.1, 0.15) is 11.5 Å². The molecule has 0 spiro atoms. The Morgan fingerprint density at radius 3 is 2.39 bits per heavy atom. The fourth-order valence-electron chi connectivity index (χ4n) is 3.68. The number of benzene rings is 2. The van der Waals surface area contributed by atoms with Crippen LogP contribution in [-0.2, 0) is 14.3 Å². The highest BCUT2D eigenvalue weighted by molar-refractivity contribution is 6.46. The molecule has 1 amide bonds. The van der Waals surface area contributed by atoms with Gasteiger partial charge in [-0.05, 0) is 18.2 Å². The van der Waals surface area contributed by atoms with Crippen molar-refractivity contribution in [2.45, 2.75) is 6.04 Å². The van der Waals surface area contributed by atoms with Gasteiger partial charge in [0.25, 0.3) is 11.7 Å². The second-order valence-corrected chi connectivity index (χ2v) is 6.80. The first kappa shape index (κ1) is 22.2. The van der Waals surface area contributed by atoms with E-state index >= 15 is 0 Å². The minimum atomic E-state index is -0.883. The first-order chi connectivity index (χ1) is 15.0. The van der Waals surface area contributed by atoms with Gasteiger partial charge in [-0.15, -0.1) is 0 Å². The third-order valence-electron chi connectivity index (χ3n) is 5.15. The molecule has 8 heteroatoms. The van der Waals surface area contributed by atoms with Crippen molar-refractivity contribution < 1.29 is 33.6 Å². The molecule has 0 aliphatic carbocycles. The van der Waals surface area contributed by atoms with Gasteiger partial charge in [0.05, 0.1) is 39.6 Å². The summed E-state index contributed by atoms with van der Waals surface area (Å²) >= 11 is 0. The fourth-order valence-corrected chi connectivity index (χ4v) is 3.68. The average Bonchev–Trinajstić information content (AvgIpc) is 3.06. The molecule has 3 rings (SSSR count). The number of aliphatic hydroxyl groups is 1. The summed E-state index contributed by atoms with van der Waals surface area (Å²) in [5.41, 5.74) is 0.832. The minimum Gasteiger partial charge on any atom is -0.507 e. The van der Waals surface area contributed by atoms with Crippen LogP contribution in [0, 0.1) is 0 Å². The molecular formula is C23H25NO7. The Bertz CT molecular complexity index is 1010. The van der Waals surface area contributed by atoms with E-state index in [9.17, 15) is 14.7 Å². The van der Waals surface area contributed by atoms with E-state index in [4.69, 9.17) is 18.9 Å². The highest BCUT2D eigenvalue weighted by Gasteiger charge is 2.47. The van der Waals surface area contributed by atoms with Crippen molar-refractivity contribution in [3.8, 4) is 17.2 Å². The van der Waals surface area contributed by atoms with Crippen molar-refractivity contribution >= 4 is 17.4 Å². The molecule has 2 aromatic carbocycles. The van der Waals surface area contributed by atoms with Gasteiger partial charge in [0, 0.05) is 24.8 Å². The van der Waals surface area contributed by atoms with Crippen molar-refractivity contribution in [2.24, 2.45) is 0 Å². The van der Waals surface area contributed by atoms with Gasteiger partial charge in [-0.1, -0.05) is 24.3 Å². The second kappa shape index (κ2) is 9.53. The molecule has 164 valence electrons. The third-order valence-corrected chi connectivity index (χ3v) is 5.15. The minimum absolute atomic E-state index is 0.0408. The maximum atomic E-state index is 13.0. The summed E-state index contributed by atoms with van der Waals surface area (Å²) in [5.74, 6) is -0.488. The smallest absolute Gasteiger partial charge is 0.295 e. The number of methoxy groups -OCH3 is 4. The fraction of sp³-hybridized carbons (Fsp3) is 0.304. The van der Waals surface area contributed by atoms with Crippen molar-refractivity contribution in [1.29, 1.82) is 0 Å². The summed E-state index contributed by atoms with van der Waals surface area (Å²) in [4.78, 5) is 27.3. The molecule has 8 nitrogen and oxygen atoms in total. The third kappa shape index (κ3) is 4.06. The number of ketones is 1. The SMILES string of the molecule is COCCN1C(=O)C(=O)/C(=C(/O)c2cccc(OC)c2)C1c1cccc(OC)c1OC. The Balaban J connectivity index is 2.25. The number of carbonyl (C=O) groups is 2. The molecule has 0 radical (unpaired) electrons. The van der Waals surface area contributed by atoms with E-state index in [2.05, 4.69) is 0 Å². The zero-order valence-corrected chi connectivity index (χ0v) is 17.9. The molecule has 1 aliphatic heterocycles. The van der Waals surface area contributed by atoms with E-state index in [0.717, 1.165) is 0 Å². The Morgan fingerprint density at radius 2 is 1.74 bits per heavy atom. The van der Waals surface area contributed by atoms with Crippen LogP contribution in [0.2, 0.25) is 0 Å². The standard InChI is InChI=1S/C23H25NO7/c1-28-12-11-24-19(16-9-6-10-17(30-3)22(16)31-4)18(21(26)23(24)27)20(25)14-7-5-8-15(13-14)29-2/h5-10,13,19,25H,11-12H2,1-4H3/b20-18+. The normalized spacial score (nSPS) is 17.7. The number of hydrogen-bond donors (Lipinski definition) is 1. The van der Waals surface area contributed by atoms with Crippen LogP contribution in [0.25, 0.3) is 5.76 Å². The van der Waals surface area contributed by atoms with Crippen molar-refractivity contribution in [2.75, 3.05) is 41.6 Å². The second-order valence-electron chi connectivity index (χ2n) is 6.80. The van der Waals surface area contributed by atoms with Crippen molar-refractivity contribution in [3.05, 3.63) is 59.2 Å². The Morgan fingerprint density at radius 1 is 1.00 bits per heavy atom. The molecule has 0 saturated carbocycles. The van der Waals surface area contributed by atoms with Crippen LogP contribution in [0.5, 0.6) is 17.2 Å². The maximum Gasteiger partial charge on any atom is 0.295 e. The molecule has 0 bridgehead atoms. The summed E-state index contributed by atoms with van der Waals surface area (Å²) in [5, 5.41) is 11.1. The molecule has 1 fully saturated rings. The number of hydrogen-bond acceptors (Lipinski definition) is 7. The highest BCUT2D eigenvalue weighted by atomic mass is 16.5. The van der Waals surface area contributed by atoms with Gasteiger partial charge >= 0.3 is 0 Å². The first-order valence-corrected chi connectivity index (χ1v) is 9.61. The molecule has 1 saturated heterocycles. The summed E-state index contributed by atoms with van der Waals surface area (Å²) in [7, 11) is 5.99. The van der Waals surface area contributed by atoms with Crippen LogP contribution in [0.1, 0.15) is 17.2 Å². The lowest BCUT2D eigenvalue weighted by atomic mass is 9.94. The molecule has 1 aliphatic rings. The zero-order chi connectivity index (χ0) is 22.5. The Kier molecular flexibility index (Phi) is 6.81. The maximum absolute atomic E-state index is 13.0. The first-order valence-electron chi connectivity index (χ1n) is 9.61. The largest absolute Gasteiger partial charge is 0.507 e.